The second-order valence-corrected chi connectivity index (χ2v) is 8.92. The van der Waals surface area contributed by atoms with E-state index in [4.69, 9.17) is 0 Å². The summed E-state index contributed by atoms with van der Waals surface area (Å²) in [6.07, 6.45) is 17.9. The molecule has 0 aliphatic rings. The fourth-order valence-corrected chi connectivity index (χ4v) is 5.94. The van der Waals surface area contributed by atoms with E-state index >= 15 is 0 Å². The molecule has 3 unspecified atom stereocenters. The number of thioether (sulfide) groups is 2. The molecule has 0 aliphatic heterocycles. The zero-order valence-electron chi connectivity index (χ0n) is 16.6. The van der Waals surface area contributed by atoms with E-state index in [0.29, 0.717) is 6.42 Å². The first kappa shape index (κ1) is 24.2. The van der Waals surface area contributed by atoms with Gasteiger partial charge in [0.05, 0.1) is 7.11 Å². The smallest absolute Gasteiger partial charge is 0.305 e. The Hall–Kier alpha value is 0.170. The molecule has 0 aromatic carbocycles. The molecule has 24 heavy (non-hydrogen) atoms. The van der Waals surface area contributed by atoms with Crippen LogP contribution in [0.25, 0.3) is 0 Å². The minimum Gasteiger partial charge on any atom is -0.469 e. The highest BCUT2D eigenvalue weighted by molar-refractivity contribution is 8.03. The Balaban J connectivity index is 3.91. The largest absolute Gasteiger partial charge is 0.469 e. The number of hydrogen-bond acceptors (Lipinski definition) is 4. The van der Waals surface area contributed by atoms with E-state index < -0.39 is 0 Å². The third-order valence-electron chi connectivity index (χ3n) is 4.86. The lowest BCUT2D eigenvalue weighted by molar-refractivity contribution is -0.140. The molecule has 4 heteroatoms. The minimum atomic E-state index is -0.0717. The van der Waals surface area contributed by atoms with Gasteiger partial charge >= 0.3 is 5.97 Å². The zero-order chi connectivity index (χ0) is 18.2. The van der Waals surface area contributed by atoms with Gasteiger partial charge in [0, 0.05) is 16.9 Å². The Kier molecular flexibility index (Phi) is 16.7. The second-order valence-electron chi connectivity index (χ2n) is 6.83. The normalized spacial score (nSPS) is 15.0. The maximum atomic E-state index is 11.1. The molecule has 0 aromatic heterocycles. The van der Waals surface area contributed by atoms with Gasteiger partial charge in [0.2, 0.25) is 0 Å². The van der Waals surface area contributed by atoms with Gasteiger partial charge in [-0.1, -0.05) is 58.8 Å². The molecular formula is C20H40O2S2. The van der Waals surface area contributed by atoms with Crippen LogP contribution in [0.5, 0.6) is 0 Å². The maximum absolute atomic E-state index is 11.1. The van der Waals surface area contributed by atoms with Crippen LogP contribution < -0.4 is 0 Å². The third kappa shape index (κ3) is 11.7. The van der Waals surface area contributed by atoms with E-state index in [1.807, 2.05) is 0 Å². The molecule has 0 saturated carbocycles. The number of unbranched alkanes of at least 4 members (excludes halogenated alkanes) is 6. The van der Waals surface area contributed by atoms with Crippen LogP contribution in [0.3, 0.4) is 0 Å². The lowest BCUT2D eigenvalue weighted by atomic mass is 9.95. The minimum absolute atomic E-state index is 0.0717. The highest BCUT2D eigenvalue weighted by Crippen LogP contribution is 2.33. The Morgan fingerprint density at radius 1 is 0.917 bits per heavy atom. The maximum Gasteiger partial charge on any atom is 0.305 e. The molecule has 2 nitrogen and oxygen atoms in total. The Bertz CT molecular complexity index is 297. The number of carbonyl (C=O) groups is 1. The fraction of sp³-hybridized carbons (Fsp3) is 0.950. The van der Waals surface area contributed by atoms with Crippen LogP contribution in [0.15, 0.2) is 0 Å². The first-order chi connectivity index (χ1) is 11.6. The van der Waals surface area contributed by atoms with Gasteiger partial charge < -0.3 is 4.74 Å². The molecular weight excluding hydrogens is 336 g/mol. The van der Waals surface area contributed by atoms with Crippen LogP contribution in [-0.4, -0.2) is 36.1 Å². The number of rotatable bonds is 16. The molecule has 144 valence electrons. The Labute approximate surface area is 159 Å². The summed E-state index contributed by atoms with van der Waals surface area (Å²) in [4.78, 5) is 11.1. The van der Waals surface area contributed by atoms with Gasteiger partial charge in [0.1, 0.15) is 0 Å². The van der Waals surface area contributed by atoms with Crippen LogP contribution in [-0.2, 0) is 9.53 Å². The summed E-state index contributed by atoms with van der Waals surface area (Å²) in [5.74, 6) is 0.728. The summed E-state index contributed by atoms with van der Waals surface area (Å²) >= 11 is 4.15. The topological polar surface area (TPSA) is 26.3 Å². The van der Waals surface area contributed by atoms with Crippen molar-refractivity contribution in [2.24, 2.45) is 5.92 Å². The molecule has 0 spiro atoms. The van der Waals surface area contributed by atoms with Crippen molar-refractivity contribution in [2.45, 2.75) is 95.0 Å². The van der Waals surface area contributed by atoms with Gasteiger partial charge in [0.15, 0.2) is 0 Å². The van der Waals surface area contributed by atoms with Crippen molar-refractivity contribution in [1.29, 1.82) is 0 Å². The predicted octanol–water partition coefficient (Wildman–Crippen LogP) is 6.57. The van der Waals surface area contributed by atoms with Crippen molar-refractivity contribution in [3.8, 4) is 0 Å². The predicted molar refractivity (Wildman–Crippen MR) is 112 cm³/mol. The summed E-state index contributed by atoms with van der Waals surface area (Å²) in [5.41, 5.74) is 0. The molecule has 0 fully saturated rings. The molecule has 3 atom stereocenters. The van der Waals surface area contributed by atoms with Crippen LogP contribution in [0.4, 0.5) is 0 Å². The quantitative estimate of drug-likeness (QED) is 0.225. The SMILES string of the molecule is CCCCCC(SC)C(SC)C(C)CCCCCCCC(=O)OC. The number of ether oxygens (including phenoxy) is 1. The number of methoxy groups -OCH3 is 1. The van der Waals surface area contributed by atoms with Gasteiger partial charge in [-0.05, 0) is 37.7 Å². The lowest BCUT2D eigenvalue weighted by Crippen LogP contribution is -2.27. The van der Waals surface area contributed by atoms with E-state index in [-0.39, 0.29) is 5.97 Å². The third-order valence-corrected chi connectivity index (χ3v) is 7.51. The molecule has 0 rings (SSSR count). The van der Waals surface area contributed by atoms with Crippen LogP contribution >= 0.6 is 23.5 Å². The molecule has 0 aromatic rings. The lowest BCUT2D eigenvalue weighted by Gasteiger charge is -2.29. The van der Waals surface area contributed by atoms with E-state index in [9.17, 15) is 4.79 Å². The highest BCUT2D eigenvalue weighted by Gasteiger charge is 2.24. The number of carbonyl (C=O) groups excluding carboxylic acids is 1. The summed E-state index contributed by atoms with van der Waals surface area (Å²) < 4.78 is 4.67. The monoisotopic (exact) mass is 376 g/mol. The fourth-order valence-electron chi connectivity index (χ4n) is 3.29. The Morgan fingerprint density at radius 3 is 2.12 bits per heavy atom. The van der Waals surface area contributed by atoms with Gasteiger partial charge in [-0.15, -0.1) is 0 Å². The van der Waals surface area contributed by atoms with Gasteiger partial charge in [0.25, 0.3) is 0 Å². The van der Waals surface area contributed by atoms with E-state index in [1.54, 1.807) is 0 Å². The standard InChI is InChI=1S/C20H40O2S2/c1-6-7-11-15-18(23-4)20(24-5)17(2)14-12-9-8-10-13-16-19(21)22-3/h17-18,20H,6-16H2,1-5H3. The van der Waals surface area contributed by atoms with Crippen molar-refractivity contribution >= 4 is 29.5 Å². The van der Waals surface area contributed by atoms with Crippen molar-refractivity contribution < 1.29 is 9.53 Å². The first-order valence-electron chi connectivity index (χ1n) is 9.73. The first-order valence-corrected chi connectivity index (χ1v) is 12.3. The summed E-state index contributed by atoms with van der Waals surface area (Å²) in [7, 11) is 1.47. The molecule has 0 amide bonds. The highest BCUT2D eigenvalue weighted by atomic mass is 32.2. The summed E-state index contributed by atoms with van der Waals surface area (Å²) in [5, 5.41) is 1.60. The molecule has 0 bridgehead atoms. The van der Waals surface area contributed by atoms with Gasteiger partial charge in [-0.25, -0.2) is 0 Å². The van der Waals surface area contributed by atoms with Crippen LogP contribution in [0, 0.1) is 5.92 Å². The zero-order valence-corrected chi connectivity index (χ0v) is 18.3. The molecule has 0 aliphatic carbocycles. The van der Waals surface area contributed by atoms with E-state index in [0.717, 1.165) is 29.3 Å². The Morgan fingerprint density at radius 2 is 1.54 bits per heavy atom. The average molecular weight is 377 g/mol. The molecule has 0 N–H and O–H groups in total. The van der Waals surface area contributed by atoms with Crippen LogP contribution in [0.2, 0.25) is 0 Å². The molecule has 0 saturated heterocycles. The summed E-state index contributed by atoms with van der Waals surface area (Å²) in [6.45, 7) is 4.73. The average Bonchev–Trinajstić information content (AvgIpc) is 2.59. The van der Waals surface area contributed by atoms with E-state index in [1.165, 1.54) is 58.5 Å². The van der Waals surface area contributed by atoms with Crippen molar-refractivity contribution in [1.82, 2.24) is 0 Å². The van der Waals surface area contributed by atoms with Crippen molar-refractivity contribution in [2.75, 3.05) is 19.6 Å². The van der Waals surface area contributed by atoms with Gasteiger partial charge in [-0.2, -0.15) is 23.5 Å². The van der Waals surface area contributed by atoms with E-state index in [2.05, 4.69) is 54.6 Å². The van der Waals surface area contributed by atoms with Gasteiger partial charge in [-0.3, -0.25) is 4.79 Å². The van der Waals surface area contributed by atoms with Crippen LogP contribution in [0.1, 0.15) is 84.5 Å². The summed E-state index contributed by atoms with van der Waals surface area (Å²) in [6, 6.07) is 0. The number of hydrogen-bond donors (Lipinski definition) is 0. The van der Waals surface area contributed by atoms with Crippen molar-refractivity contribution in [3.05, 3.63) is 0 Å². The van der Waals surface area contributed by atoms with Crippen molar-refractivity contribution in [3.63, 3.8) is 0 Å². The number of esters is 1. The molecule has 0 heterocycles. The molecule has 0 radical (unpaired) electrons. The second kappa shape index (κ2) is 16.6.